The number of hydrogen-bond donors (Lipinski definition) is 2. The molecule has 1 unspecified atom stereocenters. The number of rotatable bonds is 8. The molecule has 8 nitrogen and oxygen atoms in total. The highest BCUT2D eigenvalue weighted by Crippen LogP contribution is 2.38. The Morgan fingerprint density at radius 1 is 1.00 bits per heavy atom. The Balaban J connectivity index is 1.75. The number of nitrogens with zero attached hydrogens (tertiary/aromatic N) is 1. The summed E-state index contributed by atoms with van der Waals surface area (Å²) in [5.41, 5.74) is 1.62. The van der Waals surface area contributed by atoms with Gasteiger partial charge in [-0.05, 0) is 53.0 Å². The van der Waals surface area contributed by atoms with Crippen molar-refractivity contribution < 1.29 is 19.1 Å². The molecule has 2 amide bonds. The molecule has 0 radical (unpaired) electrons. The highest BCUT2D eigenvalue weighted by molar-refractivity contribution is 6.04. The van der Waals surface area contributed by atoms with Gasteiger partial charge in [-0.25, -0.2) is 0 Å². The van der Waals surface area contributed by atoms with Crippen molar-refractivity contribution in [2.24, 2.45) is 5.18 Å². The van der Waals surface area contributed by atoms with Crippen molar-refractivity contribution in [3.63, 3.8) is 0 Å². The van der Waals surface area contributed by atoms with Gasteiger partial charge < -0.3 is 20.1 Å². The number of anilines is 1. The van der Waals surface area contributed by atoms with Crippen LogP contribution in [0.25, 0.3) is 10.8 Å². The third-order valence-electron chi connectivity index (χ3n) is 6.36. The monoisotopic (exact) mass is 489 g/mol. The van der Waals surface area contributed by atoms with E-state index in [2.05, 4.69) is 15.8 Å². The number of amides is 2. The van der Waals surface area contributed by atoms with E-state index in [0.717, 1.165) is 23.8 Å². The van der Waals surface area contributed by atoms with Crippen LogP contribution in [0.1, 0.15) is 61.1 Å². The SMILES string of the molecule is COc1c(NC(=O)C(N=O)c2ccc(OC)c3ccccc23)cc(C(C)(C)C)cc1C(=O)NC1CC1. The zero-order valence-corrected chi connectivity index (χ0v) is 21.2. The molecular weight excluding hydrogens is 458 g/mol. The Labute approximate surface area is 210 Å². The van der Waals surface area contributed by atoms with E-state index in [1.807, 2.05) is 45.0 Å². The molecule has 0 heterocycles. The topological polar surface area (TPSA) is 106 Å². The molecule has 1 saturated carbocycles. The number of ether oxygens (including phenoxy) is 2. The van der Waals surface area contributed by atoms with Crippen molar-refractivity contribution in [1.82, 2.24) is 5.32 Å². The Kier molecular flexibility index (Phi) is 6.97. The Morgan fingerprint density at radius 3 is 2.28 bits per heavy atom. The fraction of sp³-hybridized carbons (Fsp3) is 0.357. The summed E-state index contributed by atoms with van der Waals surface area (Å²) in [5.74, 6) is -0.0237. The van der Waals surface area contributed by atoms with Crippen LogP contribution in [-0.4, -0.2) is 32.1 Å². The fourth-order valence-electron chi connectivity index (χ4n) is 4.19. The first kappa shape index (κ1) is 25.2. The van der Waals surface area contributed by atoms with Gasteiger partial charge in [0.2, 0.25) is 0 Å². The third-order valence-corrected chi connectivity index (χ3v) is 6.36. The second kappa shape index (κ2) is 9.97. The molecule has 1 aliphatic carbocycles. The van der Waals surface area contributed by atoms with Crippen LogP contribution >= 0.6 is 0 Å². The first-order chi connectivity index (χ1) is 17.2. The van der Waals surface area contributed by atoms with Crippen LogP contribution in [0.2, 0.25) is 0 Å². The zero-order chi connectivity index (χ0) is 26.0. The van der Waals surface area contributed by atoms with Gasteiger partial charge in [0.05, 0.1) is 25.5 Å². The number of hydrogen-bond acceptors (Lipinski definition) is 6. The van der Waals surface area contributed by atoms with Crippen LogP contribution in [-0.2, 0) is 10.2 Å². The summed E-state index contributed by atoms with van der Waals surface area (Å²) >= 11 is 0. The largest absolute Gasteiger partial charge is 0.496 e. The van der Waals surface area contributed by atoms with Gasteiger partial charge in [0.1, 0.15) is 5.75 Å². The van der Waals surface area contributed by atoms with Crippen LogP contribution in [0.15, 0.2) is 53.7 Å². The summed E-state index contributed by atoms with van der Waals surface area (Å²) in [5, 5.41) is 10.4. The first-order valence-corrected chi connectivity index (χ1v) is 11.9. The molecule has 0 aliphatic heterocycles. The lowest BCUT2D eigenvalue weighted by atomic mass is 9.85. The second-order valence-electron chi connectivity index (χ2n) is 10.0. The van der Waals surface area contributed by atoms with Crippen LogP contribution in [0.5, 0.6) is 11.5 Å². The molecule has 1 fully saturated rings. The predicted octanol–water partition coefficient (Wildman–Crippen LogP) is 5.49. The minimum atomic E-state index is -1.33. The highest BCUT2D eigenvalue weighted by atomic mass is 16.5. The lowest BCUT2D eigenvalue weighted by molar-refractivity contribution is -0.117. The third kappa shape index (κ3) is 5.03. The molecule has 188 valence electrons. The number of nitroso groups, excluding NO2 is 1. The molecule has 4 rings (SSSR count). The first-order valence-electron chi connectivity index (χ1n) is 11.9. The zero-order valence-electron chi connectivity index (χ0n) is 21.2. The maximum absolute atomic E-state index is 13.4. The summed E-state index contributed by atoms with van der Waals surface area (Å²) in [7, 11) is 3.01. The standard InChI is InChI=1S/C28H31N3O5/c1-28(2,3)16-14-21(26(32)29-17-10-11-17)25(36-5)22(15-16)30-27(33)24(31-34)20-12-13-23(35-4)19-9-7-6-8-18(19)20/h6-9,12-15,17,24H,10-11H2,1-5H3,(H,29,32)(H,30,33). The summed E-state index contributed by atoms with van der Waals surface area (Å²) in [6.45, 7) is 6.05. The molecule has 0 aromatic heterocycles. The summed E-state index contributed by atoms with van der Waals surface area (Å²) in [6.07, 6.45) is 1.89. The minimum absolute atomic E-state index is 0.158. The van der Waals surface area contributed by atoms with E-state index in [1.165, 1.54) is 7.11 Å². The van der Waals surface area contributed by atoms with E-state index in [4.69, 9.17) is 9.47 Å². The molecular formula is C28H31N3O5. The number of benzene rings is 3. The Bertz CT molecular complexity index is 1320. The van der Waals surface area contributed by atoms with Crippen LogP contribution in [0, 0.1) is 4.91 Å². The van der Waals surface area contributed by atoms with Crippen LogP contribution < -0.4 is 20.1 Å². The van der Waals surface area contributed by atoms with Gasteiger partial charge in [0.15, 0.2) is 11.8 Å². The number of nitrogens with one attached hydrogen (secondary N) is 2. The van der Waals surface area contributed by atoms with Gasteiger partial charge in [-0.1, -0.05) is 56.3 Å². The maximum atomic E-state index is 13.4. The van der Waals surface area contributed by atoms with E-state index >= 15 is 0 Å². The van der Waals surface area contributed by atoms with Crippen molar-refractivity contribution >= 4 is 28.3 Å². The van der Waals surface area contributed by atoms with Gasteiger partial charge >= 0.3 is 0 Å². The van der Waals surface area contributed by atoms with Gasteiger partial charge in [-0.3, -0.25) is 9.59 Å². The van der Waals surface area contributed by atoms with Gasteiger partial charge in [-0.2, -0.15) is 0 Å². The minimum Gasteiger partial charge on any atom is -0.496 e. The van der Waals surface area contributed by atoms with Crippen molar-refractivity contribution in [3.05, 3.63) is 70.1 Å². The van der Waals surface area contributed by atoms with E-state index < -0.39 is 11.9 Å². The molecule has 0 bridgehead atoms. The number of methoxy groups -OCH3 is 2. The average molecular weight is 490 g/mol. The molecule has 0 spiro atoms. The quantitative estimate of drug-likeness (QED) is 0.407. The fourth-order valence-corrected chi connectivity index (χ4v) is 4.19. The molecule has 3 aromatic rings. The van der Waals surface area contributed by atoms with Gasteiger partial charge in [0, 0.05) is 11.4 Å². The van der Waals surface area contributed by atoms with Crippen LogP contribution in [0.4, 0.5) is 5.69 Å². The van der Waals surface area contributed by atoms with E-state index in [9.17, 15) is 14.5 Å². The molecule has 1 atom stereocenters. The average Bonchev–Trinajstić information content (AvgIpc) is 3.67. The Morgan fingerprint density at radius 2 is 1.69 bits per heavy atom. The summed E-state index contributed by atoms with van der Waals surface area (Å²) < 4.78 is 11.0. The van der Waals surface area contributed by atoms with Gasteiger partial charge in [-0.15, -0.1) is 4.91 Å². The maximum Gasteiger partial charge on any atom is 0.257 e. The van der Waals surface area contributed by atoms with Crippen LogP contribution in [0.3, 0.4) is 0 Å². The lowest BCUT2D eigenvalue weighted by Crippen LogP contribution is -2.27. The highest BCUT2D eigenvalue weighted by Gasteiger charge is 2.30. The number of carbonyl (C=O) groups excluding carboxylic acids is 2. The van der Waals surface area contributed by atoms with Crippen molar-refractivity contribution in [2.75, 3.05) is 19.5 Å². The van der Waals surface area contributed by atoms with Crippen molar-refractivity contribution in [1.29, 1.82) is 0 Å². The van der Waals surface area contributed by atoms with Crippen molar-refractivity contribution in [3.8, 4) is 11.5 Å². The number of carbonyl (C=O) groups is 2. The number of fused-ring (bicyclic) bond motifs is 1. The van der Waals surface area contributed by atoms with E-state index in [-0.39, 0.29) is 23.1 Å². The van der Waals surface area contributed by atoms with E-state index in [0.29, 0.717) is 28.0 Å². The molecule has 2 N–H and O–H groups in total. The molecule has 0 saturated heterocycles. The predicted molar refractivity (Wildman–Crippen MR) is 140 cm³/mol. The molecule has 8 heteroatoms. The summed E-state index contributed by atoms with van der Waals surface area (Å²) in [4.78, 5) is 38.5. The van der Waals surface area contributed by atoms with E-state index in [1.54, 1.807) is 31.4 Å². The van der Waals surface area contributed by atoms with Crippen molar-refractivity contribution in [2.45, 2.75) is 51.1 Å². The van der Waals surface area contributed by atoms with Gasteiger partial charge in [0.25, 0.3) is 11.8 Å². The summed E-state index contributed by atoms with van der Waals surface area (Å²) in [6, 6.07) is 13.1. The molecule has 36 heavy (non-hydrogen) atoms. The molecule has 3 aromatic carbocycles. The smallest absolute Gasteiger partial charge is 0.257 e. The normalized spacial score (nSPS) is 14.1. The second-order valence-corrected chi connectivity index (χ2v) is 10.0. The molecule has 1 aliphatic rings. The lowest BCUT2D eigenvalue weighted by Gasteiger charge is -2.24. The Hall–Kier alpha value is -3.94.